The summed E-state index contributed by atoms with van der Waals surface area (Å²) >= 11 is 1.78. The monoisotopic (exact) mass is 268 g/mol. The molecule has 0 aliphatic rings. The topological polar surface area (TPSA) is 38.9 Å². The SMILES string of the molecule is CCc1nc(N)ccc1-c1csc2ccc(C)cc12. The lowest BCUT2D eigenvalue weighted by Crippen LogP contribution is -1.97. The van der Waals surface area contributed by atoms with Crippen LogP contribution < -0.4 is 5.73 Å². The van der Waals surface area contributed by atoms with Crippen LogP contribution in [0.1, 0.15) is 18.2 Å². The molecule has 0 bridgehead atoms. The lowest BCUT2D eigenvalue weighted by Gasteiger charge is -2.07. The number of nitrogens with two attached hydrogens (primary N) is 1. The van der Waals surface area contributed by atoms with Crippen molar-refractivity contribution in [1.82, 2.24) is 4.98 Å². The standard InChI is InChI=1S/C16H16N2S/c1-3-14-11(5-7-16(17)18-14)13-9-19-15-6-4-10(2)8-12(13)15/h4-9H,3H2,1-2H3,(H2,17,18). The summed E-state index contributed by atoms with van der Waals surface area (Å²) in [5, 5.41) is 3.53. The molecule has 3 aromatic rings. The molecule has 0 amide bonds. The molecule has 0 aliphatic heterocycles. The maximum atomic E-state index is 5.78. The van der Waals surface area contributed by atoms with Crippen molar-refractivity contribution < 1.29 is 0 Å². The predicted octanol–water partition coefficient (Wildman–Crippen LogP) is 4.42. The molecule has 2 N–H and O–H groups in total. The molecule has 0 aliphatic carbocycles. The molecule has 0 unspecified atom stereocenters. The van der Waals surface area contributed by atoms with E-state index < -0.39 is 0 Å². The van der Waals surface area contributed by atoms with Crippen LogP contribution in [0.4, 0.5) is 5.82 Å². The highest BCUT2D eigenvalue weighted by Gasteiger charge is 2.11. The molecule has 0 fully saturated rings. The highest BCUT2D eigenvalue weighted by atomic mass is 32.1. The van der Waals surface area contributed by atoms with Gasteiger partial charge in [-0.05, 0) is 43.0 Å². The second kappa shape index (κ2) is 4.67. The summed E-state index contributed by atoms with van der Waals surface area (Å²) in [6.07, 6.45) is 0.892. The smallest absolute Gasteiger partial charge is 0.123 e. The van der Waals surface area contributed by atoms with Crippen molar-refractivity contribution in [3.05, 3.63) is 47.0 Å². The molecule has 96 valence electrons. The van der Waals surface area contributed by atoms with Gasteiger partial charge in [-0.2, -0.15) is 0 Å². The average molecular weight is 268 g/mol. The van der Waals surface area contributed by atoms with Crippen LogP contribution >= 0.6 is 11.3 Å². The normalized spacial score (nSPS) is 11.1. The van der Waals surface area contributed by atoms with Crippen molar-refractivity contribution in [1.29, 1.82) is 0 Å². The van der Waals surface area contributed by atoms with Crippen molar-refractivity contribution in [2.24, 2.45) is 0 Å². The molecule has 0 radical (unpaired) electrons. The Balaban J connectivity index is 2.27. The second-order valence-electron chi connectivity index (χ2n) is 4.73. The molecule has 2 heterocycles. The zero-order chi connectivity index (χ0) is 13.4. The van der Waals surface area contributed by atoms with Gasteiger partial charge < -0.3 is 5.73 Å². The van der Waals surface area contributed by atoms with E-state index in [1.54, 1.807) is 11.3 Å². The Hall–Kier alpha value is -1.87. The lowest BCUT2D eigenvalue weighted by atomic mass is 10.0. The van der Waals surface area contributed by atoms with Crippen LogP contribution in [0.15, 0.2) is 35.7 Å². The van der Waals surface area contributed by atoms with Crippen molar-refractivity contribution in [3.8, 4) is 11.1 Å². The highest BCUT2D eigenvalue weighted by molar-refractivity contribution is 7.17. The largest absolute Gasteiger partial charge is 0.384 e. The van der Waals surface area contributed by atoms with Crippen LogP contribution in [0, 0.1) is 6.92 Å². The third-order valence-electron chi connectivity index (χ3n) is 3.35. The summed E-state index contributed by atoms with van der Waals surface area (Å²) in [4.78, 5) is 4.46. The third-order valence-corrected chi connectivity index (χ3v) is 4.31. The van der Waals surface area contributed by atoms with Crippen molar-refractivity contribution in [2.75, 3.05) is 5.73 Å². The molecule has 1 aromatic carbocycles. The molecule has 2 nitrogen and oxygen atoms in total. The van der Waals surface area contributed by atoms with E-state index in [4.69, 9.17) is 5.73 Å². The van der Waals surface area contributed by atoms with Crippen LogP contribution in [-0.4, -0.2) is 4.98 Å². The number of aryl methyl sites for hydroxylation is 2. The van der Waals surface area contributed by atoms with E-state index in [1.165, 1.54) is 26.8 Å². The minimum atomic E-state index is 0.594. The molecule has 0 spiro atoms. The minimum Gasteiger partial charge on any atom is -0.384 e. The fourth-order valence-electron chi connectivity index (χ4n) is 2.38. The highest BCUT2D eigenvalue weighted by Crippen LogP contribution is 2.36. The van der Waals surface area contributed by atoms with Gasteiger partial charge in [-0.3, -0.25) is 0 Å². The lowest BCUT2D eigenvalue weighted by molar-refractivity contribution is 1.05. The number of pyridine rings is 1. The van der Waals surface area contributed by atoms with Crippen LogP contribution in [0.25, 0.3) is 21.2 Å². The summed E-state index contributed by atoms with van der Waals surface area (Å²) in [5.41, 5.74) is 10.6. The molecule has 2 aromatic heterocycles. The molecule has 3 heteroatoms. The van der Waals surface area contributed by atoms with E-state index in [0.717, 1.165) is 12.1 Å². The predicted molar refractivity (Wildman–Crippen MR) is 83.6 cm³/mol. The number of hydrogen-bond acceptors (Lipinski definition) is 3. The molecular formula is C16H16N2S. The van der Waals surface area contributed by atoms with Gasteiger partial charge in [0, 0.05) is 21.2 Å². The summed E-state index contributed by atoms with van der Waals surface area (Å²) in [7, 11) is 0. The number of aromatic nitrogens is 1. The average Bonchev–Trinajstić information content (AvgIpc) is 2.81. The quantitative estimate of drug-likeness (QED) is 0.747. The van der Waals surface area contributed by atoms with Crippen LogP contribution in [0.3, 0.4) is 0 Å². The van der Waals surface area contributed by atoms with Gasteiger partial charge in [0.2, 0.25) is 0 Å². The zero-order valence-corrected chi connectivity index (χ0v) is 11.9. The molecule has 0 saturated carbocycles. The summed E-state index contributed by atoms with van der Waals surface area (Å²) < 4.78 is 1.32. The Morgan fingerprint density at radius 2 is 2.00 bits per heavy atom. The first-order valence-electron chi connectivity index (χ1n) is 6.42. The number of benzene rings is 1. The van der Waals surface area contributed by atoms with E-state index in [-0.39, 0.29) is 0 Å². The molecule has 19 heavy (non-hydrogen) atoms. The summed E-state index contributed by atoms with van der Waals surface area (Å²) in [6.45, 7) is 4.24. The van der Waals surface area contributed by atoms with Gasteiger partial charge in [-0.15, -0.1) is 11.3 Å². The van der Waals surface area contributed by atoms with Crippen molar-refractivity contribution >= 4 is 27.2 Å². The Labute approximate surface area is 116 Å². The van der Waals surface area contributed by atoms with Gasteiger partial charge in [-0.1, -0.05) is 18.6 Å². The molecule has 3 rings (SSSR count). The first-order valence-corrected chi connectivity index (χ1v) is 7.30. The first kappa shape index (κ1) is 12.2. The van der Waals surface area contributed by atoms with Crippen LogP contribution in [0.5, 0.6) is 0 Å². The Bertz CT molecular complexity index is 744. The van der Waals surface area contributed by atoms with Gasteiger partial charge in [-0.25, -0.2) is 4.98 Å². The van der Waals surface area contributed by atoms with E-state index >= 15 is 0 Å². The minimum absolute atomic E-state index is 0.594. The number of thiophene rings is 1. The Morgan fingerprint density at radius 1 is 1.16 bits per heavy atom. The fourth-order valence-corrected chi connectivity index (χ4v) is 3.33. The first-order chi connectivity index (χ1) is 9.19. The number of hydrogen-bond donors (Lipinski definition) is 1. The molecule has 0 atom stereocenters. The molecular weight excluding hydrogens is 252 g/mol. The van der Waals surface area contributed by atoms with Gasteiger partial charge in [0.1, 0.15) is 5.82 Å². The van der Waals surface area contributed by atoms with Gasteiger partial charge in [0.15, 0.2) is 0 Å². The van der Waals surface area contributed by atoms with Crippen LogP contribution in [0.2, 0.25) is 0 Å². The third kappa shape index (κ3) is 2.10. The van der Waals surface area contributed by atoms with E-state index in [9.17, 15) is 0 Å². The van der Waals surface area contributed by atoms with Crippen molar-refractivity contribution in [2.45, 2.75) is 20.3 Å². The van der Waals surface area contributed by atoms with E-state index in [0.29, 0.717) is 5.82 Å². The van der Waals surface area contributed by atoms with Crippen molar-refractivity contribution in [3.63, 3.8) is 0 Å². The fraction of sp³-hybridized carbons (Fsp3) is 0.188. The number of rotatable bonds is 2. The maximum absolute atomic E-state index is 5.78. The number of fused-ring (bicyclic) bond motifs is 1. The van der Waals surface area contributed by atoms with Gasteiger partial charge >= 0.3 is 0 Å². The maximum Gasteiger partial charge on any atom is 0.123 e. The van der Waals surface area contributed by atoms with E-state index in [2.05, 4.69) is 48.5 Å². The Morgan fingerprint density at radius 3 is 2.79 bits per heavy atom. The molecule has 0 saturated heterocycles. The number of anilines is 1. The van der Waals surface area contributed by atoms with Gasteiger partial charge in [0.05, 0.1) is 5.69 Å². The number of nitrogens with zero attached hydrogens (tertiary/aromatic N) is 1. The zero-order valence-electron chi connectivity index (χ0n) is 11.1. The summed E-state index contributed by atoms with van der Waals surface area (Å²) in [6, 6.07) is 10.6. The second-order valence-corrected chi connectivity index (χ2v) is 5.64. The number of nitrogen functional groups attached to an aromatic ring is 1. The summed E-state index contributed by atoms with van der Waals surface area (Å²) in [5.74, 6) is 0.594. The van der Waals surface area contributed by atoms with Crippen LogP contribution in [-0.2, 0) is 6.42 Å². The van der Waals surface area contributed by atoms with Gasteiger partial charge in [0.25, 0.3) is 0 Å². The Kier molecular flexibility index (Phi) is 2.99. The van der Waals surface area contributed by atoms with E-state index in [1.807, 2.05) is 6.07 Å².